The molecule has 3 aromatic carbocycles. The smallest absolute Gasteiger partial charge is 0.269 e. The number of nitro groups is 1. The Hall–Kier alpha value is -4.07. The van der Waals surface area contributed by atoms with E-state index in [1.54, 1.807) is 12.1 Å². The van der Waals surface area contributed by atoms with Crippen molar-refractivity contribution in [1.82, 2.24) is 10.2 Å². The third-order valence-electron chi connectivity index (χ3n) is 9.83. The molecule has 47 heavy (non-hydrogen) atoms. The van der Waals surface area contributed by atoms with E-state index in [1.165, 1.54) is 37.1 Å². The summed E-state index contributed by atoms with van der Waals surface area (Å²) in [5, 5.41) is 14.9. The molecular formula is C39H46ClN3O4. The lowest BCUT2D eigenvalue weighted by Gasteiger charge is -2.43. The van der Waals surface area contributed by atoms with Gasteiger partial charge < -0.3 is 10.2 Å². The molecule has 3 aromatic rings. The van der Waals surface area contributed by atoms with Gasteiger partial charge >= 0.3 is 0 Å². The van der Waals surface area contributed by atoms with Crippen LogP contribution in [0.2, 0.25) is 0 Å². The highest BCUT2D eigenvalue weighted by Crippen LogP contribution is 2.42. The number of non-ortho nitro benzene ring substituents is 1. The monoisotopic (exact) mass is 655 g/mol. The zero-order valence-electron chi connectivity index (χ0n) is 27.7. The summed E-state index contributed by atoms with van der Waals surface area (Å²) in [4.78, 5) is 39.5. The molecule has 0 spiro atoms. The average Bonchev–Trinajstić information content (AvgIpc) is 3.06. The van der Waals surface area contributed by atoms with E-state index in [1.807, 2.05) is 6.92 Å². The molecule has 1 unspecified atom stereocenters. The Kier molecular flexibility index (Phi) is 12.3. The second-order valence-electron chi connectivity index (χ2n) is 12.8. The summed E-state index contributed by atoms with van der Waals surface area (Å²) in [6.07, 6.45) is 7.07. The molecule has 0 radical (unpaired) electrons. The van der Waals surface area contributed by atoms with Crippen LogP contribution in [0, 0.1) is 10.1 Å². The lowest BCUT2D eigenvalue weighted by molar-refractivity contribution is -0.384. The van der Waals surface area contributed by atoms with Crippen molar-refractivity contribution in [2.45, 2.75) is 77.0 Å². The van der Waals surface area contributed by atoms with Crippen molar-refractivity contribution in [1.29, 1.82) is 0 Å². The highest BCUT2D eigenvalue weighted by atomic mass is 35.5. The molecule has 0 bridgehead atoms. The van der Waals surface area contributed by atoms with Gasteiger partial charge in [-0.1, -0.05) is 85.6 Å². The number of hydrogen-bond acceptors (Lipinski definition) is 6. The van der Waals surface area contributed by atoms with Crippen LogP contribution in [0.25, 0.3) is 0 Å². The number of ketones is 2. The number of Topliss-reactive ketones (excluding diaryl/α,β-unsaturated/α-hetero) is 2. The molecule has 0 aromatic heterocycles. The van der Waals surface area contributed by atoms with Gasteiger partial charge in [-0.15, -0.1) is 12.4 Å². The molecule has 5 rings (SSSR count). The number of carbonyl (C=O) groups excluding carboxylic acids is 2. The fourth-order valence-electron chi connectivity index (χ4n) is 7.54. The molecule has 2 aliphatic heterocycles. The summed E-state index contributed by atoms with van der Waals surface area (Å²) < 4.78 is 0. The Bertz CT molecular complexity index is 1580. The number of likely N-dealkylation sites (tertiary alicyclic amines) is 1. The van der Waals surface area contributed by atoms with Crippen molar-refractivity contribution in [3.05, 3.63) is 134 Å². The Balaban J connectivity index is 0.00000500. The number of nitro benzene ring substituents is 1. The van der Waals surface area contributed by atoms with E-state index >= 15 is 0 Å². The van der Waals surface area contributed by atoms with Gasteiger partial charge in [0.1, 0.15) is 0 Å². The summed E-state index contributed by atoms with van der Waals surface area (Å²) in [6.45, 7) is 8.08. The van der Waals surface area contributed by atoms with Crippen LogP contribution >= 0.6 is 12.4 Å². The number of allylic oxidation sites excluding steroid dienone is 4. The quantitative estimate of drug-likeness (QED) is 0.113. The second kappa shape index (κ2) is 16.2. The van der Waals surface area contributed by atoms with Crippen LogP contribution in [0.5, 0.6) is 0 Å². The summed E-state index contributed by atoms with van der Waals surface area (Å²) in [6, 6.07) is 28.2. The largest absolute Gasteiger partial charge is 0.362 e. The Morgan fingerprint density at radius 3 is 1.96 bits per heavy atom. The van der Waals surface area contributed by atoms with E-state index in [2.05, 4.69) is 70.9 Å². The Morgan fingerprint density at radius 1 is 0.830 bits per heavy atom. The summed E-state index contributed by atoms with van der Waals surface area (Å²) >= 11 is 0. The topological polar surface area (TPSA) is 92.6 Å². The van der Waals surface area contributed by atoms with Gasteiger partial charge in [0.15, 0.2) is 11.6 Å². The standard InChI is InChI=1S/C39H45N3O4.ClH/c1-28-36(29(2)43)38(31-15-14-20-34(27-31)42(45)46)37(30(3)44)35(40-28)21-12-4-5-13-24-41-25-22-39(23-26-41,32-16-8-6-9-17-32)33-18-10-7-11-19-33;/h6-11,14-20,27,38,40H,4-5,12-13,21-26H2,1-3H3;1H. The third kappa shape index (κ3) is 8.09. The first-order chi connectivity index (χ1) is 22.2. The number of nitrogens with one attached hydrogen (secondary N) is 1. The van der Waals surface area contributed by atoms with Crippen molar-refractivity contribution in [2.75, 3.05) is 19.6 Å². The van der Waals surface area contributed by atoms with Crippen LogP contribution < -0.4 is 5.32 Å². The molecular weight excluding hydrogens is 610 g/mol. The molecule has 0 aliphatic carbocycles. The maximum absolute atomic E-state index is 13.1. The molecule has 1 N–H and O–H groups in total. The molecule has 1 saturated heterocycles. The number of benzene rings is 3. The maximum atomic E-state index is 13.1. The van der Waals surface area contributed by atoms with Crippen molar-refractivity contribution >= 4 is 29.7 Å². The van der Waals surface area contributed by atoms with Crippen LogP contribution in [-0.4, -0.2) is 41.0 Å². The van der Waals surface area contributed by atoms with Gasteiger partial charge in [-0.25, -0.2) is 0 Å². The first kappa shape index (κ1) is 35.8. The van der Waals surface area contributed by atoms with Crippen LogP contribution in [0.15, 0.2) is 107 Å². The van der Waals surface area contributed by atoms with Gasteiger partial charge in [-0.05, 0) is 89.2 Å². The van der Waals surface area contributed by atoms with E-state index < -0.39 is 10.8 Å². The van der Waals surface area contributed by atoms with Crippen molar-refractivity contribution in [3.63, 3.8) is 0 Å². The highest BCUT2D eigenvalue weighted by molar-refractivity contribution is 6.03. The zero-order valence-corrected chi connectivity index (χ0v) is 28.5. The van der Waals surface area contributed by atoms with E-state index in [-0.39, 0.29) is 35.1 Å². The molecule has 248 valence electrons. The second-order valence-corrected chi connectivity index (χ2v) is 12.8. The van der Waals surface area contributed by atoms with Crippen LogP contribution in [0.1, 0.15) is 88.3 Å². The molecule has 1 fully saturated rings. The lowest BCUT2D eigenvalue weighted by Crippen LogP contribution is -2.43. The van der Waals surface area contributed by atoms with E-state index in [4.69, 9.17) is 0 Å². The van der Waals surface area contributed by atoms with Crippen LogP contribution in [0.4, 0.5) is 5.69 Å². The number of nitrogens with zero attached hydrogens (tertiary/aromatic N) is 2. The van der Waals surface area contributed by atoms with Gasteiger partial charge in [-0.3, -0.25) is 19.7 Å². The number of hydrogen-bond donors (Lipinski definition) is 1. The lowest BCUT2D eigenvalue weighted by atomic mass is 9.68. The Labute approximate surface area is 284 Å². The molecule has 7 nitrogen and oxygen atoms in total. The van der Waals surface area contributed by atoms with Crippen molar-refractivity contribution in [3.8, 4) is 0 Å². The van der Waals surface area contributed by atoms with Gasteiger partial charge in [0.05, 0.1) is 4.92 Å². The van der Waals surface area contributed by atoms with Crippen LogP contribution in [0.3, 0.4) is 0 Å². The number of rotatable bonds is 13. The first-order valence-corrected chi connectivity index (χ1v) is 16.5. The van der Waals surface area contributed by atoms with Crippen molar-refractivity contribution < 1.29 is 14.5 Å². The predicted octanol–water partition coefficient (Wildman–Crippen LogP) is 8.44. The third-order valence-corrected chi connectivity index (χ3v) is 9.83. The van der Waals surface area contributed by atoms with Gasteiger partial charge in [0, 0.05) is 46.0 Å². The zero-order chi connectivity index (χ0) is 32.7. The SMILES string of the molecule is CC(=O)C1=C(C)NC(CCCCCCN2CCC(c3ccccc3)(c3ccccc3)CC2)=C(C(C)=O)C1c1cccc([N+](=O)[O-])c1.Cl. The minimum Gasteiger partial charge on any atom is -0.362 e. The molecule has 2 aliphatic rings. The minimum atomic E-state index is -0.621. The number of halogens is 1. The normalized spacial score (nSPS) is 17.9. The molecule has 0 amide bonds. The fourth-order valence-corrected chi connectivity index (χ4v) is 7.54. The highest BCUT2D eigenvalue weighted by Gasteiger charge is 2.38. The average molecular weight is 656 g/mol. The first-order valence-electron chi connectivity index (χ1n) is 16.5. The number of piperidine rings is 1. The summed E-state index contributed by atoms with van der Waals surface area (Å²) in [5.41, 5.74) is 5.95. The van der Waals surface area contributed by atoms with Crippen molar-refractivity contribution in [2.24, 2.45) is 0 Å². The van der Waals surface area contributed by atoms with E-state index in [9.17, 15) is 19.7 Å². The minimum absolute atomic E-state index is 0. The molecule has 0 saturated carbocycles. The maximum Gasteiger partial charge on any atom is 0.269 e. The fraction of sp³-hybridized carbons (Fsp3) is 0.385. The van der Waals surface area contributed by atoms with Crippen LogP contribution in [-0.2, 0) is 15.0 Å². The van der Waals surface area contributed by atoms with Gasteiger partial charge in [0.2, 0.25) is 0 Å². The number of dihydropyridines is 1. The number of unbranched alkanes of at least 4 members (excludes halogenated alkanes) is 3. The van der Waals surface area contributed by atoms with E-state index in [0.717, 1.165) is 63.9 Å². The van der Waals surface area contributed by atoms with Gasteiger partial charge in [-0.2, -0.15) is 0 Å². The molecule has 1 atom stereocenters. The number of carbonyl (C=O) groups is 2. The molecule has 8 heteroatoms. The molecule has 2 heterocycles. The summed E-state index contributed by atoms with van der Waals surface area (Å²) in [5.74, 6) is -0.900. The Morgan fingerprint density at radius 2 is 1.40 bits per heavy atom. The predicted molar refractivity (Wildman–Crippen MR) is 190 cm³/mol. The summed E-state index contributed by atoms with van der Waals surface area (Å²) in [7, 11) is 0. The van der Waals surface area contributed by atoms with E-state index in [0.29, 0.717) is 28.8 Å². The van der Waals surface area contributed by atoms with Gasteiger partial charge in [0.25, 0.3) is 5.69 Å².